The van der Waals surface area contributed by atoms with Gasteiger partial charge in [-0.05, 0) is 36.4 Å². The molecular formula is C21H17NO5S. The minimum absolute atomic E-state index is 0.308. The molecule has 1 aliphatic rings. The van der Waals surface area contributed by atoms with Crippen LogP contribution < -0.4 is 9.47 Å². The molecule has 0 unspecified atom stereocenters. The van der Waals surface area contributed by atoms with Crippen LogP contribution in [0.2, 0.25) is 0 Å². The van der Waals surface area contributed by atoms with Crippen LogP contribution in [0.25, 0.3) is 16.3 Å². The molecule has 28 heavy (non-hydrogen) atoms. The maximum Gasteiger partial charge on any atom is 0.331 e. The fraction of sp³-hybridized carbons (Fsp3) is 0.190. The van der Waals surface area contributed by atoms with E-state index in [0.29, 0.717) is 35.3 Å². The van der Waals surface area contributed by atoms with E-state index in [-0.39, 0.29) is 12.4 Å². The van der Waals surface area contributed by atoms with Gasteiger partial charge in [-0.15, -0.1) is 11.3 Å². The average Bonchev–Trinajstić information content (AvgIpc) is 2.99. The molecule has 0 fully saturated rings. The smallest absolute Gasteiger partial charge is 0.331 e. The van der Waals surface area contributed by atoms with Crippen LogP contribution >= 0.6 is 11.3 Å². The van der Waals surface area contributed by atoms with Gasteiger partial charge in [-0.25, -0.2) is 9.78 Å². The van der Waals surface area contributed by atoms with Crippen molar-refractivity contribution in [1.82, 2.24) is 4.98 Å². The Morgan fingerprint density at radius 2 is 1.93 bits per heavy atom. The van der Waals surface area contributed by atoms with Crippen LogP contribution in [0.3, 0.4) is 0 Å². The van der Waals surface area contributed by atoms with Crippen LogP contribution in [0.1, 0.15) is 21.8 Å². The Kier molecular flexibility index (Phi) is 5.34. The molecular weight excluding hydrogens is 378 g/mol. The fourth-order valence-electron chi connectivity index (χ4n) is 2.71. The Balaban J connectivity index is 1.35. The Labute approximate surface area is 165 Å². The third-order valence-electron chi connectivity index (χ3n) is 4.09. The van der Waals surface area contributed by atoms with Crippen molar-refractivity contribution in [3.63, 3.8) is 0 Å². The number of ether oxygens (including phenoxy) is 3. The monoisotopic (exact) mass is 395 g/mol. The lowest BCUT2D eigenvalue weighted by atomic mass is 10.1. The summed E-state index contributed by atoms with van der Waals surface area (Å²) < 4.78 is 17.2. The van der Waals surface area contributed by atoms with Gasteiger partial charge in [0.15, 0.2) is 23.9 Å². The third kappa shape index (κ3) is 4.20. The van der Waals surface area contributed by atoms with E-state index < -0.39 is 5.97 Å². The van der Waals surface area contributed by atoms with Crippen molar-refractivity contribution in [3.8, 4) is 11.5 Å². The summed E-state index contributed by atoms with van der Waals surface area (Å²) in [6.07, 6.45) is 3.65. The maximum absolute atomic E-state index is 12.3. The Hall–Kier alpha value is -3.19. The third-order valence-corrected chi connectivity index (χ3v) is 5.09. The van der Waals surface area contributed by atoms with Crippen molar-refractivity contribution in [2.45, 2.75) is 6.42 Å². The van der Waals surface area contributed by atoms with E-state index in [2.05, 4.69) is 4.98 Å². The topological polar surface area (TPSA) is 74.7 Å². The molecule has 4 rings (SSSR count). The Bertz CT molecular complexity index is 1020. The lowest BCUT2D eigenvalue weighted by Crippen LogP contribution is -2.12. The summed E-state index contributed by atoms with van der Waals surface area (Å²) in [5.74, 6) is 0.245. The van der Waals surface area contributed by atoms with Crippen LogP contribution in [0.4, 0.5) is 0 Å². The van der Waals surface area contributed by atoms with E-state index in [9.17, 15) is 9.59 Å². The van der Waals surface area contributed by atoms with E-state index in [1.807, 2.05) is 24.3 Å². The number of aromatic nitrogens is 1. The molecule has 7 heteroatoms. The first-order chi connectivity index (χ1) is 13.7. The molecule has 1 aliphatic heterocycles. The molecule has 2 heterocycles. The van der Waals surface area contributed by atoms with Crippen molar-refractivity contribution in [2.75, 3.05) is 19.8 Å². The molecule has 0 saturated heterocycles. The number of hydrogen-bond acceptors (Lipinski definition) is 7. The number of ketones is 1. The molecule has 6 nitrogen and oxygen atoms in total. The van der Waals surface area contributed by atoms with Crippen molar-refractivity contribution in [2.24, 2.45) is 0 Å². The Morgan fingerprint density at radius 3 is 2.79 bits per heavy atom. The van der Waals surface area contributed by atoms with Gasteiger partial charge in [0.1, 0.15) is 5.01 Å². The lowest BCUT2D eigenvalue weighted by molar-refractivity contribution is -0.136. The summed E-state index contributed by atoms with van der Waals surface area (Å²) in [6.45, 7) is 0.776. The number of hydrogen-bond donors (Lipinski definition) is 0. The van der Waals surface area contributed by atoms with Crippen LogP contribution in [0.5, 0.6) is 11.5 Å². The number of benzene rings is 2. The van der Waals surface area contributed by atoms with E-state index in [1.54, 1.807) is 24.3 Å². The Morgan fingerprint density at radius 1 is 1.11 bits per heavy atom. The predicted octanol–water partition coefficient (Wildman–Crippen LogP) is 3.90. The van der Waals surface area contributed by atoms with Gasteiger partial charge in [0.2, 0.25) is 0 Å². The molecule has 142 valence electrons. The molecule has 0 radical (unpaired) electrons. The quantitative estimate of drug-likeness (QED) is 0.371. The van der Waals surface area contributed by atoms with Crippen molar-refractivity contribution in [1.29, 1.82) is 0 Å². The van der Waals surface area contributed by atoms with Gasteiger partial charge < -0.3 is 14.2 Å². The van der Waals surface area contributed by atoms with Crippen molar-refractivity contribution >= 4 is 39.4 Å². The first kappa shape index (κ1) is 18.2. The first-order valence-electron chi connectivity index (χ1n) is 8.82. The molecule has 0 amide bonds. The number of Topliss-reactive ketones (excluding diaryl/α,β-unsaturated/α-hetero) is 1. The molecule has 0 aliphatic carbocycles. The molecule has 0 bridgehead atoms. The van der Waals surface area contributed by atoms with Crippen molar-refractivity contribution in [3.05, 3.63) is 59.1 Å². The zero-order valence-electron chi connectivity index (χ0n) is 14.9. The standard InChI is InChI=1S/C21H17NO5S/c23-16(14-6-7-17-18(12-14)26-11-3-10-25-17)13-27-21(24)9-8-20-22-15-4-1-2-5-19(15)28-20/h1-2,4-9,12H,3,10-11,13H2/b9-8+. The van der Waals surface area contributed by atoms with Gasteiger partial charge in [-0.2, -0.15) is 0 Å². The number of carbonyl (C=O) groups is 2. The second kappa shape index (κ2) is 8.22. The molecule has 1 aromatic heterocycles. The molecule has 0 spiro atoms. The molecule has 2 aromatic carbocycles. The summed E-state index contributed by atoms with van der Waals surface area (Å²) in [7, 11) is 0. The number of rotatable bonds is 5. The second-order valence-corrected chi connectivity index (χ2v) is 7.16. The highest BCUT2D eigenvalue weighted by atomic mass is 32.1. The van der Waals surface area contributed by atoms with Crippen LogP contribution in [-0.4, -0.2) is 36.6 Å². The van der Waals surface area contributed by atoms with Gasteiger partial charge in [-0.1, -0.05) is 12.1 Å². The van der Waals surface area contributed by atoms with E-state index in [1.165, 1.54) is 17.4 Å². The average molecular weight is 395 g/mol. The summed E-state index contributed by atoms with van der Waals surface area (Å²) in [6, 6.07) is 12.7. The highest BCUT2D eigenvalue weighted by Crippen LogP contribution is 2.30. The predicted molar refractivity (Wildman–Crippen MR) is 106 cm³/mol. The molecule has 3 aromatic rings. The van der Waals surface area contributed by atoms with Gasteiger partial charge in [0.05, 0.1) is 23.4 Å². The molecule has 0 N–H and O–H groups in total. The maximum atomic E-state index is 12.3. The number of nitrogens with zero attached hydrogens (tertiary/aromatic N) is 1. The zero-order chi connectivity index (χ0) is 19.3. The number of para-hydroxylation sites is 1. The number of fused-ring (bicyclic) bond motifs is 2. The van der Waals surface area contributed by atoms with Crippen LogP contribution in [0.15, 0.2) is 48.5 Å². The zero-order valence-corrected chi connectivity index (χ0v) is 15.7. The first-order valence-corrected chi connectivity index (χ1v) is 9.64. The summed E-state index contributed by atoms with van der Waals surface area (Å²) >= 11 is 1.48. The summed E-state index contributed by atoms with van der Waals surface area (Å²) in [4.78, 5) is 28.6. The second-order valence-electron chi connectivity index (χ2n) is 6.10. The SMILES string of the molecule is O=C(/C=C/c1nc2ccccc2s1)OCC(=O)c1ccc2c(c1)OCCCO2. The van der Waals surface area contributed by atoms with Crippen LogP contribution in [-0.2, 0) is 9.53 Å². The fourth-order valence-corrected chi connectivity index (χ4v) is 3.58. The largest absolute Gasteiger partial charge is 0.490 e. The highest BCUT2D eigenvalue weighted by molar-refractivity contribution is 7.19. The van der Waals surface area contributed by atoms with Crippen molar-refractivity contribution < 1.29 is 23.8 Å². The summed E-state index contributed by atoms with van der Waals surface area (Å²) in [5, 5.41) is 0.701. The minimum Gasteiger partial charge on any atom is -0.490 e. The minimum atomic E-state index is -0.595. The van der Waals surface area contributed by atoms with E-state index >= 15 is 0 Å². The van der Waals surface area contributed by atoms with E-state index in [4.69, 9.17) is 14.2 Å². The summed E-state index contributed by atoms with van der Waals surface area (Å²) in [5.41, 5.74) is 1.29. The van der Waals surface area contributed by atoms with Gasteiger partial charge in [-0.3, -0.25) is 4.79 Å². The molecule has 0 atom stereocenters. The lowest BCUT2D eigenvalue weighted by Gasteiger charge is -2.08. The highest BCUT2D eigenvalue weighted by Gasteiger charge is 2.15. The number of thiazole rings is 1. The molecule has 0 saturated carbocycles. The number of carbonyl (C=O) groups excluding carboxylic acids is 2. The van der Waals surface area contributed by atoms with E-state index in [0.717, 1.165) is 16.6 Å². The number of esters is 1. The van der Waals surface area contributed by atoms with Gasteiger partial charge in [0.25, 0.3) is 0 Å². The van der Waals surface area contributed by atoms with Crippen LogP contribution in [0, 0.1) is 0 Å². The van der Waals surface area contributed by atoms with Gasteiger partial charge in [0, 0.05) is 18.1 Å². The normalized spacial score (nSPS) is 13.4. The van der Waals surface area contributed by atoms with Gasteiger partial charge >= 0.3 is 5.97 Å².